The average Bonchev–Trinajstić information content (AvgIpc) is 2.76. The Bertz CT molecular complexity index is 580. The van der Waals surface area contributed by atoms with Gasteiger partial charge in [-0.3, -0.25) is 9.48 Å². The lowest BCUT2D eigenvalue weighted by atomic mass is 10.3. The number of hydrogen-bond donors (Lipinski definition) is 3. The Balaban J connectivity index is 1.92. The van der Waals surface area contributed by atoms with E-state index in [4.69, 9.17) is 5.11 Å². The molecule has 1 heterocycles. The lowest BCUT2D eigenvalue weighted by Gasteiger charge is -2.05. The molecule has 0 aliphatic carbocycles. The number of anilines is 2. The molecule has 2 rings (SSSR count). The van der Waals surface area contributed by atoms with Crippen molar-refractivity contribution in [2.75, 3.05) is 10.6 Å². The van der Waals surface area contributed by atoms with E-state index < -0.39 is 12.0 Å². The molecular weight excluding hydrogens is 248 g/mol. The summed E-state index contributed by atoms with van der Waals surface area (Å²) < 4.78 is 1.22. The minimum absolute atomic E-state index is 0.248. The number of para-hydroxylation sites is 1. The van der Waals surface area contributed by atoms with Crippen LogP contribution >= 0.6 is 0 Å². The lowest BCUT2D eigenvalue weighted by Crippen LogP contribution is -2.19. The molecule has 1 aromatic carbocycles. The molecule has 98 valence electrons. The zero-order chi connectivity index (χ0) is 13.7. The second kappa shape index (κ2) is 5.67. The van der Waals surface area contributed by atoms with Crippen molar-refractivity contribution in [3.05, 3.63) is 42.7 Å². The van der Waals surface area contributed by atoms with Crippen LogP contribution in [0.3, 0.4) is 0 Å². The van der Waals surface area contributed by atoms with Gasteiger partial charge >= 0.3 is 12.0 Å². The van der Waals surface area contributed by atoms with Gasteiger partial charge in [-0.1, -0.05) is 18.2 Å². The number of carboxylic acid groups (broad SMARTS) is 1. The van der Waals surface area contributed by atoms with E-state index in [1.807, 2.05) is 6.07 Å². The molecule has 0 bridgehead atoms. The smallest absolute Gasteiger partial charge is 0.325 e. The standard InChI is InChI=1S/C12H12N4O3/c17-11(18)8-16-7-10(6-13-16)15-12(19)14-9-4-2-1-3-5-9/h1-7H,8H2,(H,17,18)(H2,14,15,19). The molecule has 0 saturated carbocycles. The number of urea groups is 1. The van der Waals surface area contributed by atoms with Gasteiger partial charge in [-0.15, -0.1) is 0 Å². The number of carboxylic acids is 1. The van der Waals surface area contributed by atoms with Crippen LogP contribution in [0.4, 0.5) is 16.2 Å². The molecule has 7 nitrogen and oxygen atoms in total. The van der Waals surface area contributed by atoms with Gasteiger partial charge in [-0.25, -0.2) is 4.79 Å². The predicted molar refractivity (Wildman–Crippen MR) is 68.9 cm³/mol. The fraction of sp³-hybridized carbons (Fsp3) is 0.0833. The van der Waals surface area contributed by atoms with Gasteiger partial charge in [0.15, 0.2) is 0 Å². The van der Waals surface area contributed by atoms with Gasteiger partial charge in [0, 0.05) is 11.9 Å². The van der Waals surface area contributed by atoms with Crippen molar-refractivity contribution in [3.63, 3.8) is 0 Å². The first kappa shape index (κ1) is 12.6. The molecule has 0 unspecified atom stereocenters. The SMILES string of the molecule is O=C(O)Cn1cc(NC(=O)Nc2ccccc2)cn1. The number of carbonyl (C=O) groups is 2. The van der Waals surface area contributed by atoms with Crippen molar-refractivity contribution in [1.82, 2.24) is 9.78 Å². The molecule has 2 aromatic rings. The molecule has 3 N–H and O–H groups in total. The number of benzene rings is 1. The maximum atomic E-state index is 11.6. The summed E-state index contributed by atoms with van der Waals surface area (Å²) in [4.78, 5) is 22.1. The highest BCUT2D eigenvalue weighted by atomic mass is 16.4. The summed E-state index contributed by atoms with van der Waals surface area (Å²) in [6, 6.07) is 8.56. The molecule has 0 aliphatic rings. The summed E-state index contributed by atoms with van der Waals surface area (Å²) in [5.41, 5.74) is 1.09. The van der Waals surface area contributed by atoms with Crippen LogP contribution in [0.25, 0.3) is 0 Å². The number of amides is 2. The molecule has 0 aliphatic heterocycles. The van der Waals surface area contributed by atoms with E-state index in [9.17, 15) is 9.59 Å². The monoisotopic (exact) mass is 260 g/mol. The van der Waals surface area contributed by atoms with E-state index in [2.05, 4.69) is 15.7 Å². The first-order valence-electron chi connectivity index (χ1n) is 5.51. The van der Waals surface area contributed by atoms with Crippen LogP contribution < -0.4 is 10.6 Å². The molecule has 0 atom stereocenters. The summed E-state index contributed by atoms with van der Waals surface area (Å²) in [6.45, 7) is -0.248. The maximum Gasteiger partial charge on any atom is 0.325 e. The van der Waals surface area contributed by atoms with Crippen LogP contribution in [0, 0.1) is 0 Å². The Morgan fingerprint density at radius 2 is 1.84 bits per heavy atom. The van der Waals surface area contributed by atoms with E-state index in [0.29, 0.717) is 11.4 Å². The molecule has 0 fully saturated rings. The van der Waals surface area contributed by atoms with Gasteiger partial charge < -0.3 is 15.7 Å². The molecule has 19 heavy (non-hydrogen) atoms. The summed E-state index contributed by atoms with van der Waals surface area (Å²) in [7, 11) is 0. The highest BCUT2D eigenvalue weighted by Gasteiger charge is 2.06. The van der Waals surface area contributed by atoms with Gasteiger partial charge in [-0.2, -0.15) is 5.10 Å². The second-order valence-electron chi connectivity index (χ2n) is 3.77. The van der Waals surface area contributed by atoms with Crippen molar-refractivity contribution >= 4 is 23.4 Å². The number of nitrogens with zero attached hydrogens (tertiary/aromatic N) is 2. The van der Waals surface area contributed by atoms with Gasteiger partial charge in [-0.05, 0) is 12.1 Å². The molecule has 0 saturated heterocycles. The van der Waals surface area contributed by atoms with E-state index in [0.717, 1.165) is 0 Å². The Labute approximate surface area is 108 Å². The molecular formula is C12H12N4O3. The Morgan fingerprint density at radius 3 is 2.53 bits per heavy atom. The quantitative estimate of drug-likeness (QED) is 0.778. The van der Waals surface area contributed by atoms with E-state index in [-0.39, 0.29) is 6.54 Å². The average molecular weight is 260 g/mol. The molecule has 0 spiro atoms. The van der Waals surface area contributed by atoms with E-state index in [1.54, 1.807) is 24.3 Å². The predicted octanol–water partition coefficient (Wildman–Crippen LogP) is 1.61. The summed E-state index contributed by atoms with van der Waals surface area (Å²) in [5.74, 6) is -0.997. The van der Waals surface area contributed by atoms with E-state index >= 15 is 0 Å². The van der Waals surface area contributed by atoms with Crippen LogP contribution in [-0.2, 0) is 11.3 Å². The Morgan fingerprint density at radius 1 is 1.16 bits per heavy atom. The molecule has 2 amide bonds. The number of nitrogens with one attached hydrogen (secondary N) is 2. The minimum atomic E-state index is -0.997. The number of rotatable bonds is 4. The lowest BCUT2D eigenvalue weighted by molar-refractivity contribution is -0.137. The number of aromatic nitrogens is 2. The largest absolute Gasteiger partial charge is 0.480 e. The third kappa shape index (κ3) is 3.84. The normalized spacial score (nSPS) is 9.89. The van der Waals surface area contributed by atoms with Crippen LogP contribution in [0.2, 0.25) is 0 Å². The summed E-state index contributed by atoms with van der Waals surface area (Å²) in [5, 5.41) is 17.6. The minimum Gasteiger partial charge on any atom is -0.480 e. The zero-order valence-electron chi connectivity index (χ0n) is 9.91. The first-order chi connectivity index (χ1) is 9.13. The van der Waals surface area contributed by atoms with Gasteiger partial charge in [0.2, 0.25) is 0 Å². The topological polar surface area (TPSA) is 96.2 Å². The summed E-state index contributed by atoms with van der Waals surface area (Å²) in [6.07, 6.45) is 2.83. The highest BCUT2D eigenvalue weighted by Crippen LogP contribution is 2.08. The van der Waals surface area contributed by atoms with Crippen LogP contribution in [0.15, 0.2) is 42.7 Å². The van der Waals surface area contributed by atoms with Gasteiger partial charge in [0.1, 0.15) is 6.54 Å². The van der Waals surface area contributed by atoms with Crippen LogP contribution in [0.1, 0.15) is 0 Å². The third-order valence-corrected chi connectivity index (χ3v) is 2.22. The van der Waals surface area contributed by atoms with Gasteiger partial charge in [0.25, 0.3) is 0 Å². The van der Waals surface area contributed by atoms with E-state index in [1.165, 1.54) is 17.1 Å². The van der Waals surface area contributed by atoms with Crippen molar-refractivity contribution in [2.45, 2.75) is 6.54 Å². The number of aliphatic carboxylic acids is 1. The fourth-order valence-corrected chi connectivity index (χ4v) is 1.47. The van der Waals surface area contributed by atoms with Crippen molar-refractivity contribution in [1.29, 1.82) is 0 Å². The third-order valence-electron chi connectivity index (χ3n) is 2.22. The zero-order valence-corrected chi connectivity index (χ0v) is 9.91. The Hall–Kier alpha value is -2.83. The Kier molecular flexibility index (Phi) is 3.77. The first-order valence-corrected chi connectivity index (χ1v) is 5.51. The van der Waals surface area contributed by atoms with Crippen molar-refractivity contribution in [3.8, 4) is 0 Å². The highest BCUT2D eigenvalue weighted by molar-refractivity contribution is 5.99. The van der Waals surface area contributed by atoms with Crippen molar-refractivity contribution in [2.24, 2.45) is 0 Å². The fourth-order valence-electron chi connectivity index (χ4n) is 1.47. The maximum absolute atomic E-state index is 11.6. The van der Waals surface area contributed by atoms with Gasteiger partial charge in [0.05, 0.1) is 11.9 Å². The van der Waals surface area contributed by atoms with Crippen molar-refractivity contribution < 1.29 is 14.7 Å². The molecule has 0 radical (unpaired) electrons. The van der Waals surface area contributed by atoms with Crippen LogP contribution in [-0.4, -0.2) is 26.9 Å². The summed E-state index contributed by atoms with van der Waals surface area (Å²) >= 11 is 0. The number of hydrogen-bond acceptors (Lipinski definition) is 3. The molecule has 1 aromatic heterocycles. The molecule has 7 heteroatoms. The van der Waals surface area contributed by atoms with Crippen LogP contribution in [0.5, 0.6) is 0 Å². The number of carbonyl (C=O) groups excluding carboxylic acids is 1. The second-order valence-corrected chi connectivity index (χ2v) is 3.77.